The molecular weight excluding hydrogens is 421 g/mol. The van der Waals surface area contributed by atoms with Crippen LogP contribution in [0.4, 0.5) is 0 Å². The molecule has 0 amide bonds. The second kappa shape index (κ2) is 8.26. The fourth-order valence-corrected chi connectivity index (χ4v) is 4.42. The summed E-state index contributed by atoms with van der Waals surface area (Å²) < 4.78 is 2.07. The van der Waals surface area contributed by atoms with Gasteiger partial charge in [0.1, 0.15) is 5.82 Å². The number of nitrogens with zero attached hydrogens (tertiary/aromatic N) is 3. The van der Waals surface area contributed by atoms with Crippen LogP contribution in [-0.4, -0.2) is 31.7 Å². The van der Waals surface area contributed by atoms with Gasteiger partial charge in [-0.05, 0) is 17.6 Å². The van der Waals surface area contributed by atoms with Crippen LogP contribution >= 0.6 is 0 Å². The van der Waals surface area contributed by atoms with Crippen molar-refractivity contribution in [1.82, 2.24) is 14.5 Å². The van der Waals surface area contributed by atoms with Crippen LogP contribution in [0.3, 0.4) is 0 Å². The van der Waals surface area contributed by atoms with E-state index in [1.54, 1.807) is 6.07 Å². The van der Waals surface area contributed by atoms with Crippen molar-refractivity contribution < 1.29 is 10.0 Å². The summed E-state index contributed by atoms with van der Waals surface area (Å²) >= 11 is 0. The molecule has 0 aliphatic carbocycles. The predicted octanol–water partition coefficient (Wildman–Crippen LogP) is 4.59. The zero-order chi connectivity index (χ0) is 23.1. The fraction of sp³-hybridized carbons (Fsp3) is 0. The normalized spacial score (nSPS) is 11.2. The molecule has 0 radical (unpaired) electrons. The molecule has 0 saturated carbocycles. The largest absolute Gasteiger partial charge is 0.488 e. The topological polar surface area (TPSA) is 71.2 Å². The van der Waals surface area contributed by atoms with Crippen molar-refractivity contribution in [3.63, 3.8) is 0 Å². The van der Waals surface area contributed by atoms with Crippen LogP contribution < -0.4 is 5.46 Å². The first-order valence-corrected chi connectivity index (χ1v) is 11.1. The summed E-state index contributed by atoms with van der Waals surface area (Å²) in [4.78, 5) is 9.86. The van der Waals surface area contributed by atoms with Crippen molar-refractivity contribution in [2.45, 2.75) is 0 Å². The Hall–Kier alpha value is -4.26. The minimum atomic E-state index is -1.55. The van der Waals surface area contributed by atoms with Crippen molar-refractivity contribution >= 4 is 34.4 Å². The number of benzene rings is 4. The summed E-state index contributed by atoms with van der Waals surface area (Å²) in [5.41, 5.74) is 5.00. The van der Waals surface area contributed by atoms with Gasteiger partial charge in [0.15, 0.2) is 5.82 Å². The molecular formula is C28H20BN3O2. The summed E-state index contributed by atoms with van der Waals surface area (Å²) in [7, 11) is -1.55. The van der Waals surface area contributed by atoms with Gasteiger partial charge in [-0.2, -0.15) is 0 Å². The Bertz CT molecular complexity index is 1570. The number of hydrogen-bond acceptors (Lipinski definition) is 4. The highest BCUT2D eigenvalue weighted by molar-refractivity contribution is 6.59. The number of aromatic nitrogens is 3. The van der Waals surface area contributed by atoms with Crippen LogP contribution in [0.15, 0.2) is 109 Å². The lowest BCUT2D eigenvalue weighted by molar-refractivity contribution is 0.426. The Labute approximate surface area is 196 Å². The van der Waals surface area contributed by atoms with E-state index in [0.717, 1.165) is 38.6 Å². The maximum Gasteiger partial charge on any atom is 0.488 e. The van der Waals surface area contributed by atoms with Crippen LogP contribution in [0.25, 0.3) is 50.3 Å². The van der Waals surface area contributed by atoms with Gasteiger partial charge in [0.2, 0.25) is 0 Å². The fourth-order valence-electron chi connectivity index (χ4n) is 4.42. The quantitative estimate of drug-likeness (QED) is 0.393. The zero-order valence-electron chi connectivity index (χ0n) is 18.2. The molecule has 162 valence electrons. The van der Waals surface area contributed by atoms with Crippen LogP contribution in [0.5, 0.6) is 0 Å². The van der Waals surface area contributed by atoms with E-state index in [0.29, 0.717) is 17.1 Å². The van der Waals surface area contributed by atoms with Gasteiger partial charge >= 0.3 is 7.12 Å². The van der Waals surface area contributed by atoms with Crippen LogP contribution in [0.2, 0.25) is 0 Å². The molecule has 6 aromatic rings. The van der Waals surface area contributed by atoms with Gasteiger partial charge in [-0.15, -0.1) is 0 Å². The van der Waals surface area contributed by atoms with Crippen molar-refractivity contribution in [1.29, 1.82) is 0 Å². The first kappa shape index (κ1) is 20.4. The lowest BCUT2D eigenvalue weighted by Gasteiger charge is -2.12. The predicted molar refractivity (Wildman–Crippen MR) is 137 cm³/mol. The van der Waals surface area contributed by atoms with Crippen LogP contribution in [-0.2, 0) is 0 Å². The molecule has 2 N–H and O–H groups in total. The third-order valence-electron chi connectivity index (χ3n) is 6.04. The molecule has 4 aromatic carbocycles. The highest BCUT2D eigenvalue weighted by Gasteiger charge is 2.19. The van der Waals surface area contributed by atoms with Crippen molar-refractivity contribution in [2.24, 2.45) is 0 Å². The second-order valence-electron chi connectivity index (χ2n) is 8.17. The monoisotopic (exact) mass is 441 g/mol. The van der Waals surface area contributed by atoms with E-state index in [1.165, 1.54) is 0 Å². The molecule has 0 aliphatic rings. The Morgan fingerprint density at radius 3 is 1.97 bits per heavy atom. The van der Waals surface area contributed by atoms with Gasteiger partial charge in [0.25, 0.3) is 0 Å². The molecule has 0 saturated heterocycles. The average Bonchev–Trinajstić information content (AvgIpc) is 3.23. The van der Waals surface area contributed by atoms with E-state index in [2.05, 4.69) is 16.7 Å². The Kier molecular flexibility index (Phi) is 4.95. The lowest BCUT2D eigenvalue weighted by Crippen LogP contribution is -2.29. The van der Waals surface area contributed by atoms with E-state index in [-0.39, 0.29) is 0 Å². The SMILES string of the molecule is OB(O)c1ccc2c3ccccc3n(-c3cc(-c4ccccc4)nc(-c4ccccc4)n3)c2c1. The van der Waals surface area contributed by atoms with E-state index >= 15 is 0 Å². The smallest absolute Gasteiger partial charge is 0.423 e. The Balaban J connectivity index is 1.69. The Morgan fingerprint density at radius 2 is 1.24 bits per heavy atom. The molecule has 2 heterocycles. The first-order valence-electron chi connectivity index (χ1n) is 11.1. The third-order valence-corrected chi connectivity index (χ3v) is 6.04. The molecule has 0 spiro atoms. The summed E-state index contributed by atoms with van der Waals surface area (Å²) in [6, 6.07) is 35.6. The second-order valence-corrected chi connectivity index (χ2v) is 8.17. The van der Waals surface area contributed by atoms with Gasteiger partial charge in [-0.1, -0.05) is 91.0 Å². The van der Waals surface area contributed by atoms with Crippen molar-refractivity contribution in [3.8, 4) is 28.5 Å². The van der Waals surface area contributed by atoms with E-state index < -0.39 is 7.12 Å². The highest BCUT2D eigenvalue weighted by Crippen LogP contribution is 2.33. The highest BCUT2D eigenvalue weighted by atomic mass is 16.4. The number of rotatable bonds is 4. The molecule has 6 rings (SSSR count). The maximum absolute atomic E-state index is 9.83. The number of hydrogen-bond donors (Lipinski definition) is 2. The minimum absolute atomic E-state index is 0.428. The Morgan fingerprint density at radius 1 is 0.588 bits per heavy atom. The van der Waals surface area contributed by atoms with Gasteiger partial charge in [0, 0.05) is 28.0 Å². The van der Waals surface area contributed by atoms with Crippen molar-refractivity contribution in [3.05, 3.63) is 109 Å². The van der Waals surface area contributed by atoms with Gasteiger partial charge in [0.05, 0.1) is 16.7 Å². The minimum Gasteiger partial charge on any atom is -0.423 e. The number of para-hydroxylation sites is 1. The van der Waals surface area contributed by atoms with E-state index in [4.69, 9.17) is 9.97 Å². The first-order chi connectivity index (χ1) is 16.7. The zero-order valence-corrected chi connectivity index (χ0v) is 18.2. The van der Waals surface area contributed by atoms with Crippen LogP contribution in [0, 0.1) is 0 Å². The third kappa shape index (κ3) is 3.46. The average molecular weight is 441 g/mol. The molecule has 5 nitrogen and oxygen atoms in total. The van der Waals surface area contributed by atoms with E-state index in [1.807, 2.05) is 91.0 Å². The summed E-state index contributed by atoms with van der Waals surface area (Å²) in [5.74, 6) is 1.34. The van der Waals surface area contributed by atoms with Gasteiger partial charge in [-0.25, -0.2) is 9.97 Å². The lowest BCUT2D eigenvalue weighted by atomic mass is 9.80. The molecule has 0 unspecified atom stereocenters. The molecule has 0 bridgehead atoms. The molecule has 34 heavy (non-hydrogen) atoms. The summed E-state index contributed by atoms with van der Waals surface area (Å²) in [5, 5.41) is 21.7. The molecule has 0 fully saturated rings. The van der Waals surface area contributed by atoms with Gasteiger partial charge in [-0.3, -0.25) is 4.57 Å². The standard InChI is InChI=1S/C28H20BN3O2/c33-29(34)21-15-16-23-22-13-7-8-14-25(22)32(26(23)17-21)27-18-24(19-9-3-1-4-10-19)30-28(31-27)20-11-5-2-6-12-20/h1-18,33-34H. The van der Waals surface area contributed by atoms with Crippen molar-refractivity contribution in [2.75, 3.05) is 0 Å². The molecule has 2 aromatic heterocycles. The summed E-state index contributed by atoms with van der Waals surface area (Å²) in [6.07, 6.45) is 0. The maximum atomic E-state index is 9.83. The molecule has 6 heteroatoms. The van der Waals surface area contributed by atoms with E-state index in [9.17, 15) is 10.0 Å². The molecule has 0 aliphatic heterocycles. The summed E-state index contributed by atoms with van der Waals surface area (Å²) in [6.45, 7) is 0. The van der Waals surface area contributed by atoms with Gasteiger partial charge < -0.3 is 10.0 Å². The number of fused-ring (bicyclic) bond motifs is 3. The van der Waals surface area contributed by atoms with Crippen LogP contribution in [0.1, 0.15) is 0 Å². The molecule has 0 atom stereocenters.